The van der Waals surface area contributed by atoms with E-state index in [1.165, 1.54) is 0 Å². The lowest BCUT2D eigenvalue weighted by Gasteiger charge is -2.17. The summed E-state index contributed by atoms with van der Waals surface area (Å²) in [6.45, 7) is 2.20. The second kappa shape index (κ2) is 7.36. The van der Waals surface area contributed by atoms with Crippen molar-refractivity contribution in [3.63, 3.8) is 0 Å². The Morgan fingerprint density at radius 2 is 2.28 bits per heavy atom. The highest BCUT2D eigenvalue weighted by Gasteiger charge is 2.16. The van der Waals surface area contributed by atoms with Crippen LogP contribution in [0.15, 0.2) is 18.2 Å². The molecule has 5 heteroatoms. The topological polar surface area (TPSA) is 58.6 Å². The number of methoxy groups -OCH3 is 1. The van der Waals surface area contributed by atoms with Crippen LogP contribution in [0.25, 0.3) is 0 Å². The van der Waals surface area contributed by atoms with Gasteiger partial charge in [-0.1, -0.05) is 23.7 Å². The number of ether oxygens (including phenoxy) is 1. The Kier molecular flexibility index (Phi) is 6.12. The first-order valence-corrected chi connectivity index (χ1v) is 6.13. The number of halogens is 1. The lowest BCUT2D eigenvalue weighted by atomic mass is 10.1. The first kappa shape index (κ1) is 15.0. The fourth-order valence-electron chi connectivity index (χ4n) is 1.64. The third-order valence-electron chi connectivity index (χ3n) is 2.62. The summed E-state index contributed by atoms with van der Waals surface area (Å²) in [6, 6.07) is 5.09. The van der Waals surface area contributed by atoms with Crippen molar-refractivity contribution in [2.24, 2.45) is 0 Å². The van der Waals surface area contributed by atoms with Gasteiger partial charge in [0, 0.05) is 13.7 Å². The van der Waals surface area contributed by atoms with Crippen molar-refractivity contribution in [2.45, 2.75) is 19.4 Å². The number of aryl methyl sites for hydroxylation is 1. The van der Waals surface area contributed by atoms with Crippen LogP contribution in [0.5, 0.6) is 0 Å². The van der Waals surface area contributed by atoms with Crippen LogP contribution in [-0.4, -0.2) is 37.4 Å². The second-order valence-corrected chi connectivity index (χ2v) is 4.45. The number of carbonyl (C=O) groups is 1. The molecule has 4 nitrogen and oxygen atoms in total. The molecule has 100 valence electrons. The summed E-state index contributed by atoms with van der Waals surface area (Å²) in [5, 5.41) is 12.2. The number of hydrogen-bond donors (Lipinski definition) is 2. The zero-order chi connectivity index (χ0) is 13.5. The maximum absolute atomic E-state index is 12.0. The standard InChI is InChI=1S/C13H18ClNO3/c1-9-4-3-5-11(12(9)14)13(17)15-10(6-7-16)8-18-2/h3-5,10,16H,6-8H2,1-2H3,(H,15,17). The molecule has 0 aliphatic heterocycles. The Labute approximate surface area is 112 Å². The molecule has 0 aromatic heterocycles. The lowest BCUT2D eigenvalue weighted by molar-refractivity contribution is 0.0879. The summed E-state index contributed by atoms with van der Waals surface area (Å²) in [6.07, 6.45) is 0.447. The largest absolute Gasteiger partial charge is 0.396 e. The van der Waals surface area contributed by atoms with E-state index in [-0.39, 0.29) is 18.6 Å². The van der Waals surface area contributed by atoms with Gasteiger partial charge in [-0.2, -0.15) is 0 Å². The van der Waals surface area contributed by atoms with E-state index in [9.17, 15) is 4.79 Å². The molecule has 0 radical (unpaired) electrons. The van der Waals surface area contributed by atoms with Gasteiger partial charge in [-0.05, 0) is 25.0 Å². The average molecular weight is 272 g/mol. The maximum atomic E-state index is 12.0. The fourth-order valence-corrected chi connectivity index (χ4v) is 1.85. The lowest BCUT2D eigenvalue weighted by Crippen LogP contribution is -2.38. The zero-order valence-corrected chi connectivity index (χ0v) is 11.3. The van der Waals surface area contributed by atoms with Gasteiger partial charge >= 0.3 is 0 Å². The number of benzene rings is 1. The van der Waals surface area contributed by atoms with Gasteiger partial charge in [0.2, 0.25) is 0 Å². The summed E-state index contributed by atoms with van der Waals surface area (Å²) in [7, 11) is 1.55. The first-order chi connectivity index (χ1) is 8.60. The average Bonchev–Trinajstić information content (AvgIpc) is 2.33. The summed E-state index contributed by atoms with van der Waals surface area (Å²) in [5.41, 5.74) is 1.30. The van der Waals surface area contributed by atoms with Gasteiger partial charge in [-0.15, -0.1) is 0 Å². The van der Waals surface area contributed by atoms with E-state index in [1.54, 1.807) is 19.2 Å². The summed E-state index contributed by atoms with van der Waals surface area (Å²) in [5.74, 6) is -0.251. The number of hydrogen-bond acceptors (Lipinski definition) is 3. The van der Waals surface area contributed by atoms with E-state index in [0.717, 1.165) is 5.56 Å². The minimum absolute atomic E-state index is 0.00411. The van der Waals surface area contributed by atoms with Crippen LogP contribution in [0.4, 0.5) is 0 Å². The van der Waals surface area contributed by atoms with Crippen molar-refractivity contribution in [1.29, 1.82) is 0 Å². The normalized spacial score (nSPS) is 12.2. The van der Waals surface area contributed by atoms with Gasteiger partial charge in [0.25, 0.3) is 5.91 Å². The molecule has 0 spiro atoms. The fraction of sp³-hybridized carbons (Fsp3) is 0.462. The predicted molar refractivity (Wildman–Crippen MR) is 71.0 cm³/mol. The van der Waals surface area contributed by atoms with E-state index < -0.39 is 0 Å². The molecule has 1 aromatic rings. The number of aliphatic hydroxyl groups is 1. The van der Waals surface area contributed by atoms with E-state index >= 15 is 0 Å². The summed E-state index contributed by atoms with van der Waals surface area (Å²) >= 11 is 6.08. The maximum Gasteiger partial charge on any atom is 0.253 e. The van der Waals surface area contributed by atoms with Crippen molar-refractivity contribution in [2.75, 3.05) is 20.3 Å². The minimum Gasteiger partial charge on any atom is -0.396 e. The Bertz CT molecular complexity index is 403. The van der Waals surface area contributed by atoms with Gasteiger partial charge < -0.3 is 15.2 Å². The summed E-state index contributed by atoms with van der Waals surface area (Å²) < 4.78 is 4.99. The highest BCUT2D eigenvalue weighted by molar-refractivity contribution is 6.34. The Morgan fingerprint density at radius 3 is 2.89 bits per heavy atom. The number of amides is 1. The molecule has 1 atom stereocenters. The summed E-state index contributed by atoms with van der Waals surface area (Å²) in [4.78, 5) is 12.0. The smallest absolute Gasteiger partial charge is 0.253 e. The minimum atomic E-state index is -0.251. The zero-order valence-electron chi connectivity index (χ0n) is 10.6. The molecule has 0 saturated carbocycles. The van der Waals surface area contributed by atoms with Crippen molar-refractivity contribution in [3.8, 4) is 0 Å². The molecule has 0 saturated heterocycles. The van der Waals surface area contributed by atoms with Gasteiger partial charge in [-0.25, -0.2) is 0 Å². The van der Waals surface area contributed by atoms with E-state index in [2.05, 4.69) is 5.32 Å². The third-order valence-corrected chi connectivity index (χ3v) is 3.12. The molecule has 1 unspecified atom stereocenters. The monoisotopic (exact) mass is 271 g/mol. The van der Waals surface area contributed by atoms with Crippen LogP contribution in [0.3, 0.4) is 0 Å². The molecular formula is C13H18ClNO3. The SMILES string of the molecule is COCC(CCO)NC(=O)c1cccc(C)c1Cl. The highest BCUT2D eigenvalue weighted by Crippen LogP contribution is 2.20. The van der Waals surface area contributed by atoms with Gasteiger partial charge in [-0.3, -0.25) is 4.79 Å². The third kappa shape index (κ3) is 3.98. The van der Waals surface area contributed by atoms with Gasteiger partial charge in [0.1, 0.15) is 0 Å². The molecule has 1 amide bonds. The molecule has 18 heavy (non-hydrogen) atoms. The van der Waals surface area contributed by atoms with Crippen LogP contribution in [-0.2, 0) is 4.74 Å². The molecule has 0 heterocycles. The second-order valence-electron chi connectivity index (χ2n) is 4.07. The Hall–Kier alpha value is -1.10. The molecule has 0 aliphatic carbocycles. The molecule has 0 aliphatic rings. The van der Waals surface area contributed by atoms with Crippen molar-refractivity contribution in [1.82, 2.24) is 5.32 Å². The molecule has 1 aromatic carbocycles. The highest BCUT2D eigenvalue weighted by atomic mass is 35.5. The van der Waals surface area contributed by atoms with Gasteiger partial charge in [0.15, 0.2) is 0 Å². The molecule has 2 N–H and O–H groups in total. The molecule has 0 bridgehead atoms. The van der Waals surface area contributed by atoms with Crippen LogP contribution in [0, 0.1) is 6.92 Å². The van der Waals surface area contributed by atoms with Crippen molar-refractivity contribution < 1.29 is 14.6 Å². The van der Waals surface area contributed by atoms with Crippen LogP contribution >= 0.6 is 11.6 Å². The molecule has 1 rings (SSSR count). The van der Waals surface area contributed by atoms with Crippen molar-refractivity contribution in [3.05, 3.63) is 34.3 Å². The van der Waals surface area contributed by atoms with E-state index in [0.29, 0.717) is 23.6 Å². The van der Waals surface area contributed by atoms with Gasteiger partial charge in [0.05, 0.1) is 23.2 Å². The Morgan fingerprint density at radius 1 is 1.56 bits per heavy atom. The number of nitrogens with one attached hydrogen (secondary N) is 1. The number of rotatable bonds is 6. The number of aliphatic hydroxyl groups excluding tert-OH is 1. The van der Waals surface area contributed by atoms with E-state index in [4.69, 9.17) is 21.4 Å². The van der Waals surface area contributed by atoms with Crippen LogP contribution in [0.1, 0.15) is 22.3 Å². The van der Waals surface area contributed by atoms with E-state index in [1.807, 2.05) is 13.0 Å². The van der Waals surface area contributed by atoms with Crippen LogP contribution < -0.4 is 5.32 Å². The predicted octanol–water partition coefficient (Wildman–Crippen LogP) is 1.78. The van der Waals surface area contributed by atoms with Crippen LogP contribution in [0.2, 0.25) is 5.02 Å². The van der Waals surface area contributed by atoms with Crippen molar-refractivity contribution >= 4 is 17.5 Å². The number of carbonyl (C=O) groups excluding carboxylic acids is 1. The molecular weight excluding hydrogens is 254 g/mol. The quantitative estimate of drug-likeness (QED) is 0.829. The molecule has 0 fully saturated rings. The Balaban J connectivity index is 2.77. The first-order valence-electron chi connectivity index (χ1n) is 5.76.